The highest BCUT2D eigenvalue weighted by Gasteiger charge is 2.20. The first-order chi connectivity index (χ1) is 8.76. The number of nitrogens with one attached hydrogen (secondary N) is 2. The summed E-state index contributed by atoms with van der Waals surface area (Å²) >= 11 is 0. The molecule has 1 aliphatic rings. The molecule has 1 saturated carbocycles. The van der Waals surface area contributed by atoms with E-state index in [9.17, 15) is 4.79 Å². The zero-order chi connectivity index (χ0) is 13.2. The molecule has 0 heterocycles. The Morgan fingerprint density at radius 1 is 1.28 bits per heavy atom. The molecule has 0 radical (unpaired) electrons. The van der Waals surface area contributed by atoms with Gasteiger partial charge < -0.3 is 20.1 Å². The smallest absolute Gasteiger partial charge is 0.246 e. The summed E-state index contributed by atoms with van der Waals surface area (Å²) in [4.78, 5) is 11.5. The molecule has 1 amide bonds. The molecule has 18 heavy (non-hydrogen) atoms. The first kappa shape index (κ1) is 15.4. The molecule has 0 atom stereocenters. The van der Waals surface area contributed by atoms with Crippen molar-refractivity contribution in [2.45, 2.75) is 44.2 Å². The van der Waals surface area contributed by atoms with Crippen LogP contribution in [0.4, 0.5) is 0 Å². The van der Waals surface area contributed by atoms with Crippen molar-refractivity contribution in [3.8, 4) is 0 Å². The molecule has 0 bridgehead atoms. The van der Waals surface area contributed by atoms with Crippen molar-refractivity contribution in [2.24, 2.45) is 0 Å². The number of carbonyl (C=O) groups is 1. The molecule has 0 unspecified atom stereocenters. The van der Waals surface area contributed by atoms with E-state index in [4.69, 9.17) is 9.47 Å². The number of methoxy groups -OCH3 is 1. The molecule has 106 valence electrons. The van der Waals surface area contributed by atoms with Crippen molar-refractivity contribution in [1.82, 2.24) is 10.6 Å². The highest BCUT2D eigenvalue weighted by atomic mass is 16.5. The predicted molar refractivity (Wildman–Crippen MR) is 70.6 cm³/mol. The highest BCUT2D eigenvalue weighted by Crippen LogP contribution is 2.20. The number of rotatable bonds is 8. The van der Waals surface area contributed by atoms with E-state index in [0.717, 1.165) is 32.1 Å². The number of amides is 1. The molecule has 5 heteroatoms. The van der Waals surface area contributed by atoms with Crippen LogP contribution in [0.3, 0.4) is 0 Å². The van der Waals surface area contributed by atoms with Gasteiger partial charge >= 0.3 is 0 Å². The van der Waals surface area contributed by atoms with E-state index < -0.39 is 0 Å². The summed E-state index contributed by atoms with van der Waals surface area (Å²) in [6.45, 7) is 1.51. The lowest BCUT2D eigenvalue weighted by Gasteiger charge is -2.28. The highest BCUT2D eigenvalue weighted by molar-refractivity contribution is 5.77. The SMILES string of the molecule is CNC1CCC(OCC(=O)NCCCOC)CC1. The van der Waals surface area contributed by atoms with Gasteiger partial charge in [-0.1, -0.05) is 0 Å². The lowest BCUT2D eigenvalue weighted by Crippen LogP contribution is -2.35. The Balaban J connectivity index is 2.01. The van der Waals surface area contributed by atoms with E-state index in [1.807, 2.05) is 7.05 Å². The largest absolute Gasteiger partial charge is 0.385 e. The normalized spacial score (nSPS) is 23.9. The van der Waals surface area contributed by atoms with Crippen molar-refractivity contribution >= 4 is 5.91 Å². The van der Waals surface area contributed by atoms with Gasteiger partial charge in [-0.15, -0.1) is 0 Å². The zero-order valence-electron chi connectivity index (χ0n) is 11.5. The van der Waals surface area contributed by atoms with Gasteiger partial charge in [-0.05, 0) is 39.2 Å². The molecule has 1 fully saturated rings. The van der Waals surface area contributed by atoms with Crippen molar-refractivity contribution in [1.29, 1.82) is 0 Å². The van der Waals surface area contributed by atoms with Crippen LogP contribution in [-0.2, 0) is 14.3 Å². The minimum absolute atomic E-state index is 0.0261. The summed E-state index contributed by atoms with van der Waals surface area (Å²) < 4.78 is 10.5. The minimum Gasteiger partial charge on any atom is -0.385 e. The third-order valence-corrected chi connectivity index (χ3v) is 3.38. The van der Waals surface area contributed by atoms with Crippen LogP contribution in [0.15, 0.2) is 0 Å². The Morgan fingerprint density at radius 3 is 2.61 bits per heavy atom. The number of hydrogen-bond acceptors (Lipinski definition) is 4. The maximum atomic E-state index is 11.5. The Hall–Kier alpha value is -0.650. The summed E-state index contributed by atoms with van der Waals surface area (Å²) in [5.74, 6) is -0.0261. The predicted octanol–water partition coefficient (Wildman–Crippen LogP) is 0.686. The Morgan fingerprint density at radius 2 is 2.00 bits per heavy atom. The topological polar surface area (TPSA) is 59.6 Å². The molecule has 2 N–H and O–H groups in total. The average Bonchev–Trinajstić information content (AvgIpc) is 2.42. The molecule has 0 saturated heterocycles. The Labute approximate surface area is 110 Å². The minimum atomic E-state index is -0.0261. The molecule has 1 rings (SSSR count). The molecule has 0 aromatic rings. The van der Waals surface area contributed by atoms with Gasteiger partial charge in [0.25, 0.3) is 0 Å². The number of carbonyl (C=O) groups excluding carboxylic acids is 1. The monoisotopic (exact) mass is 258 g/mol. The zero-order valence-corrected chi connectivity index (χ0v) is 11.5. The van der Waals surface area contributed by atoms with Gasteiger partial charge in [0.15, 0.2) is 0 Å². The van der Waals surface area contributed by atoms with E-state index in [2.05, 4.69) is 10.6 Å². The van der Waals surface area contributed by atoms with Crippen LogP contribution in [0, 0.1) is 0 Å². The first-order valence-electron chi connectivity index (χ1n) is 6.80. The average molecular weight is 258 g/mol. The van der Waals surface area contributed by atoms with Crippen LogP contribution >= 0.6 is 0 Å². The molecular formula is C13H26N2O3. The first-order valence-corrected chi connectivity index (χ1v) is 6.80. The lowest BCUT2D eigenvalue weighted by molar-refractivity contribution is -0.128. The van der Waals surface area contributed by atoms with Crippen molar-refractivity contribution < 1.29 is 14.3 Å². The Bertz CT molecular complexity index is 228. The molecule has 0 aromatic carbocycles. The van der Waals surface area contributed by atoms with E-state index >= 15 is 0 Å². The fraction of sp³-hybridized carbons (Fsp3) is 0.923. The third-order valence-electron chi connectivity index (χ3n) is 3.38. The van der Waals surface area contributed by atoms with Crippen molar-refractivity contribution in [3.05, 3.63) is 0 Å². The van der Waals surface area contributed by atoms with Gasteiger partial charge in [-0.3, -0.25) is 4.79 Å². The second kappa shape index (κ2) is 9.30. The molecule has 0 aromatic heterocycles. The lowest BCUT2D eigenvalue weighted by atomic mass is 9.93. The van der Waals surface area contributed by atoms with Gasteiger partial charge in [0.05, 0.1) is 6.10 Å². The maximum absolute atomic E-state index is 11.5. The standard InChI is InChI=1S/C13H26N2O3/c1-14-11-4-6-12(7-5-11)18-10-13(16)15-8-3-9-17-2/h11-12,14H,3-10H2,1-2H3,(H,15,16). The van der Waals surface area contributed by atoms with E-state index in [0.29, 0.717) is 19.2 Å². The maximum Gasteiger partial charge on any atom is 0.246 e. The van der Waals surface area contributed by atoms with Gasteiger partial charge in [-0.25, -0.2) is 0 Å². The summed E-state index contributed by atoms with van der Waals surface area (Å²) in [5, 5.41) is 6.10. The molecule has 5 nitrogen and oxygen atoms in total. The molecular weight excluding hydrogens is 232 g/mol. The van der Waals surface area contributed by atoms with Gasteiger partial charge in [0.1, 0.15) is 6.61 Å². The number of ether oxygens (including phenoxy) is 2. The second-order valence-corrected chi connectivity index (χ2v) is 4.77. The quantitative estimate of drug-likeness (QED) is 0.629. The van der Waals surface area contributed by atoms with Crippen LogP contribution < -0.4 is 10.6 Å². The fourth-order valence-corrected chi connectivity index (χ4v) is 2.21. The summed E-state index contributed by atoms with van der Waals surface area (Å²) in [6, 6.07) is 0.618. The van der Waals surface area contributed by atoms with Gasteiger partial charge in [-0.2, -0.15) is 0 Å². The van der Waals surface area contributed by atoms with Gasteiger partial charge in [0.2, 0.25) is 5.91 Å². The summed E-state index contributed by atoms with van der Waals surface area (Å²) in [5.41, 5.74) is 0. The van der Waals surface area contributed by atoms with Crippen LogP contribution in [0.5, 0.6) is 0 Å². The molecule has 1 aliphatic carbocycles. The van der Waals surface area contributed by atoms with E-state index in [1.54, 1.807) is 7.11 Å². The van der Waals surface area contributed by atoms with Gasteiger partial charge in [0, 0.05) is 26.3 Å². The molecule has 0 spiro atoms. The Kier molecular flexibility index (Phi) is 7.96. The summed E-state index contributed by atoms with van der Waals surface area (Å²) in [6.07, 6.45) is 5.45. The van der Waals surface area contributed by atoms with Crippen molar-refractivity contribution in [2.75, 3.05) is 33.9 Å². The summed E-state index contributed by atoms with van der Waals surface area (Å²) in [7, 11) is 3.66. The second-order valence-electron chi connectivity index (χ2n) is 4.77. The number of hydrogen-bond donors (Lipinski definition) is 2. The van der Waals surface area contributed by atoms with E-state index in [-0.39, 0.29) is 18.6 Å². The van der Waals surface area contributed by atoms with Crippen LogP contribution in [0.1, 0.15) is 32.1 Å². The fourth-order valence-electron chi connectivity index (χ4n) is 2.21. The third kappa shape index (κ3) is 6.33. The molecule has 0 aliphatic heterocycles. The van der Waals surface area contributed by atoms with Crippen LogP contribution in [0.2, 0.25) is 0 Å². The van der Waals surface area contributed by atoms with Crippen molar-refractivity contribution in [3.63, 3.8) is 0 Å². The van der Waals surface area contributed by atoms with Crippen LogP contribution in [0.25, 0.3) is 0 Å². The van der Waals surface area contributed by atoms with Crippen LogP contribution in [-0.4, -0.2) is 52.0 Å². The van der Waals surface area contributed by atoms with E-state index in [1.165, 1.54) is 0 Å².